The highest BCUT2D eigenvalue weighted by Crippen LogP contribution is 2.42. The van der Waals surface area contributed by atoms with Gasteiger partial charge in [0, 0.05) is 23.3 Å². The minimum atomic E-state index is -1.42. The number of thiazole rings is 1. The van der Waals surface area contributed by atoms with Crippen molar-refractivity contribution in [3.63, 3.8) is 0 Å². The maximum Gasteiger partial charge on any atom is 0.407 e. The zero-order valence-corrected chi connectivity index (χ0v) is 28.3. The van der Waals surface area contributed by atoms with Gasteiger partial charge in [0.05, 0.1) is 0 Å². The molecule has 0 radical (unpaired) electrons. The van der Waals surface area contributed by atoms with Gasteiger partial charge in [-0.1, -0.05) is 96.2 Å². The van der Waals surface area contributed by atoms with Gasteiger partial charge in [0.2, 0.25) is 0 Å². The van der Waals surface area contributed by atoms with E-state index in [2.05, 4.69) is 26.1 Å². The van der Waals surface area contributed by atoms with Gasteiger partial charge in [-0.3, -0.25) is 14.5 Å². The zero-order valence-electron chi connectivity index (χ0n) is 26.7. The summed E-state index contributed by atoms with van der Waals surface area (Å²) < 4.78 is 17.3. The van der Waals surface area contributed by atoms with Crippen LogP contribution in [-0.4, -0.2) is 86.8 Å². The molecule has 16 heteroatoms. The minimum Gasteiger partial charge on any atom is -0.477 e. The fourth-order valence-corrected chi connectivity index (χ4v) is 8.03. The first-order valence-corrected chi connectivity index (χ1v) is 17.5. The number of carbonyl (C=O) groups excluding carboxylic acids is 3. The van der Waals surface area contributed by atoms with E-state index in [1.165, 1.54) is 11.3 Å². The molecule has 51 heavy (non-hydrogen) atoms. The number of rotatable bonds is 13. The molecule has 0 spiro atoms. The van der Waals surface area contributed by atoms with Crippen molar-refractivity contribution in [2.45, 2.75) is 17.0 Å². The van der Waals surface area contributed by atoms with Gasteiger partial charge in [0.25, 0.3) is 11.8 Å². The summed E-state index contributed by atoms with van der Waals surface area (Å²) in [5.41, 5.74) is 1.27. The number of anilines is 1. The van der Waals surface area contributed by atoms with E-state index in [1.54, 1.807) is 5.38 Å². The second-order valence-electron chi connectivity index (χ2n) is 11.3. The summed E-state index contributed by atoms with van der Waals surface area (Å²) in [7, 11) is 0. The largest absolute Gasteiger partial charge is 0.477 e. The third-order valence-electron chi connectivity index (χ3n) is 8.25. The molecule has 262 valence electrons. The first kappa shape index (κ1) is 35.1. The number of amides is 3. The van der Waals surface area contributed by atoms with Crippen LogP contribution in [-0.2, 0) is 24.7 Å². The zero-order chi connectivity index (χ0) is 36.0. The first-order chi connectivity index (χ1) is 24.8. The number of carboxylic acid groups (broad SMARTS) is 1. The number of carboxylic acids is 1. The second-order valence-corrected chi connectivity index (χ2v) is 13.2. The maximum atomic E-state index is 13.4. The van der Waals surface area contributed by atoms with E-state index in [9.17, 15) is 33.9 Å². The Labute approximate surface area is 299 Å². The third-order valence-corrected chi connectivity index (χ3v) is 10.4. The molecule has 1 aromatic heterocycles. The van der Waals surface area contributed by atoms with Gasteiger partial charge in [-0.05, 0) is 16.7 Å². The van der Waals surface area contributed by atoms with Gasteiger partial charge < -0.3 is 31.0 Å². The fourth-order valence-electron chi connectivity index (χ4n) is 5.95. The van der Waals surface area contributed by atoms with Gasteiger partial charge in [-0.15, -0.1) is 23.1 Å². The number of nitrogens with one attached hydrogen (secondary N) is 3. The highest BCUT2D eigenvalue weighted by molar-refractivity contribution is 8.00. The van der Waals surface area contributed by atoms with E-state index >= 15 is 0 Å². The van der Waals surface area contributed by atoms with Crippen molar-refractivity contribution in [3.8, 4) is 0 Å². The first-order valence-electron chi connectivity index (χ1n) is 15.6. The number of ether oxygens (including phenoxy) is 1. The molecule has 13 nitrogen and oxygen atoms in total. The SMILES string of the molecule is O=C(NCCF)OCC1=C(C(=O)O)N2C(=O)[C@@H](NC(=O)/C(=N\O)c3csc(NC(c4ccccc4)(c4ccccc4)c4ccccc4)n3)[C@H]2SC1. The van der Waals surface area contributed by atoms with Crippen LogP contribution >= 0.6 is 23.1 Å². The highest BCUT2D eigenvalue weighted by Gasteiger charge is 2.54. The van der Waals surface area contributed by atoms with Crippen LogP contribution in [0.15, 0.2) is 113 Å². The predicted octanol–water partition coefficient (Wildman–Crippen LogP) is 4.16. The third kappa shape index (κ3) is 7.00. The summed E-state index contributed by atoms with van der Waals surface area (Å²) in [6.07, 6.45) is -0.931. The van der Waals surface area contributed by atoms with Crippen molar-refractivity contribution in [3.05, 3.63) is 130 Å². The Bertz CT molecular complexity index is 1880. The average Bonchev–Trinajstić information content (AvgIpc) is 3.62. The molecule has 2 atom stereocenters. The topological polar surface area (TPSA) is 183 Å². The Kier molecular flexibility index (Phi) is 10.6. The number of oxime groups is 1. The van der Waals surface area contributed by atoms with Crippen LogP contribution < -0.4 is 16.0 Å². The normalized spacial score (nSPS) is 17.2. The quantitative estimate of drug-likeness (QED) is 0.0441. The number of alkyl halides is 1. The van der Waals surface area contributed by atoms with E-state index in [0.29, 0.717) is 5.13 Å². The van der Waals surface area contributed by atoms with Crippen molar-refractivity contribution in [1.82, 2.24) is 20.5 Å². The molecule has 0 bridgehead atoms. The van der Waals surface area contributed by atoms with Crippen LogP contribution in [0, 0.1) is 0 Å². The molecular formula is C35H31FN6O7S2. The molecule has 0 unspecified atom stereocenters. The van der Waals surface area contributed by atoms with Crippen molar-refractivity contribution >= 4 is 57.8 Å². The monoisotopic (exact) mass is 730 g/mol. The standard InChI is InChI=1S/C35H31FN6O7S2/c36-16-17-37-34(47)49-18-21-19-50-31-27(30(44)42(31)28(21)32(45)46)39-29(43)26(41-48)25-20-51-33(38-25)40-35(22-10-4-1-5-11-22,23-12-6-2-7-13-23)24-14-8-3-9-15-24/h1-15,20,27,31,48H,16-19H2,(H,37,47)(H,38,40)(H,39,43)(H,45,46)/b41-26-/t27-,31-/m1/s1. The maximum absolute atomic E-state index is 13.4. The molecule has 3 aromatic carbocycles. The fraction of sp³-hybridized carbons (Fsp3) is 0.200. The van der Waals surface area contributed by atoms with Crippen molar-refractivity contribution in [1.29, 1.82) is 0 Å². The number of hydrogen-bond donors (Lipinski definition) is 5. The Morgan fingerprint density at radius 1 is 0.980 bits per heavy atom. The average molecular weight is 731 g/mol. The summed E-state index contributed by atoms with van der Waals surface area (Å²) >= 11 is 2.35. The lowest BCUT2D eigenvalue weighted by Crippen LogP contribution is -2.71. The molecule has 0 aliphatic carbocycles. The number of aliphatic carboxylic acids is 1. The van der Waals surface area contributed by atoms with Crippen molar-refractivity contribution in [2.24, 2.45) is 5.16 Å². The van der Waals surface area contributed by atoms with Gasteiger partial charge in [0.15, 0.2) is 10.8 Å². The van der Waals surface area contributed by atoms with E-state index in [0.717, 1.165) is 33.4 Å². The van der Waals surface area contributed by atoms with Crippen LogP contribution in [0.1, 0.15) is 22.4 Å². The van der Waals surface area contributed by atoms with Gasteiger partial charge in [0.1, 0.15) is 41.6 Å². The number of benzene rings is 3. The summed E-state index contributed by atoms with van der Waals surface area (Å²) in [5.74, 6) is -2.95. The Morgan fingerprint density at radius 2 is 1.57 bits per heavy atom. The number of β-lactam (4-membered cyclic amide) rings is 1. The molecule has 0 saturated carbocycles. The van der Waals surface area contributed by atoms with Gasteiger partial charge >= 0.3 is 12.1 Å². The van der Waals surface area contributed by atoms with Crippen LogP contribution in [0.5, 0.6) is 0 Å². The van der Waals surface area contributed by atoms with Crippen molar-refractivity contribution in [2.75, 3.05) is 30.9 Å². The van der Waals surface area contributed by atoms with Crippen LogP contribution in [0.25, 0.3) is 0 Å². The lowest BCUT2D eigenvalue weighted by molar-refractivity contribution is -0.150. The van der Waals surface area contributed by atoms with Crippen LogP contribution in [0.2, 0.25) is 0 Å². The molecule has 5 N–H and O–H groups in total. The second kappa shape index (κ2) is 15.4. The summed E-state index contributed by atoms with van der Waals surface area (Å²) in [6.45, 7) is -1.49. The van der Waals surface area contributed by atoms with Crippen LogP contribution in [0.3, 0.4) is 0 Å². The smallest absolute Gasteiger partial charge is 0.407 e. The van der Waals surface area contributed by atoms with Crippen LogP contribution in [0.4, 0.5) is 14.3 Å². The molecule has 4 aromatic rings. The predicted molar refractivity (Wildman–Crippen MR) is 188 cm³/mol. The highest BCUT2D eigenvalue weighted by atomic mass is 32.2. The Hall–Kier alpha value is -5.74. The number of halogens is 1. The van der Waals surface area contributed by atoms with E-state index in [1.807, 2.05) is 91.0 Å². The molecule has 2 aliphatic rings. The molecule has 3 heterocycles. The Morgan fingerprint density at radius 3 is 2.10 bits per heavy atom. The molecule has 1 fully saturated rings. The summed E-state index contributed by atoms with van der Waals surface area (Å²) in [5, 5.41) is 32.5. The molecule has 1 saturated heterocycles. The summed E-state index contributed by atoms with van der Waals surface area (Å²) in [6, 6.07) is 28.3. The lowest BCUT2D eigenvalue weighted by atomic mass is 9.77. The summed E-state index contributed by atoms with van der Waals surface area (Å²) in [4.78, 5) is 56.2. The van der Waals surface area contributed by atoms with E-state index in [4.69, 9.17) is 4.74 Å². The van der Waals surface area contributed by atoms with E-state index in [-0.39, 0.29) is 29.3 Å². The Balaban J connectivity index is 1.21. The number of thioether (sulfide) groups is 1. The number of nitrogens with zero attached hydrogens (tertiary/aromatic N) is 3. The number of alkyl carbamates (subject to hydrolysis) is 1. The lowest BCUT2D eigenvalue weighted by Gasteiger charge is -2.49. The minimum absolute atomic E-state index is 0.0436. The molecule has 2 aliphatic heterocycles. The molecule has 6 rings (SSSR count). The number of aromatic nitrogens is 1. The van der Waals surface area contributed by atoms with Crippen molar-refractivity contribution < 1.29 is 38.6 Å². The van der Waals surface area contributed by atoms with Gasteiger partial charge in [-0.2, -0.15) is 0 Å². The molecule has 3 amide bonds. The number of fused-ring (bicyclic) bond motifs is 1. The number of carbonyl (C=O) groups is 4. The molecular weight excluding hydrogens is 700 g/mol. The number of hydrogen-bond acceptors (Lipinski definition) is 11. The van der Waals surface area contributed by atoms with E-state index < -0.39 is 59.8 Å². The van der Waals surface area contributed by atoms with Gasteiger partial charge in [-0.25, -0.2) is 19.0 Å².